The highest BCUT2D eigenvalue weighted by Gasteiger charge is 2.18. The predicted molar refractivity (Wildman–Crippen MR) is 119 cm³/mol. The van der Waals surface area contributed by atoms with Crippen LogP contribution in [0.1, 0.15) is 52.7 Å². The van der Waals surface area contributed by atoms with Gasteiger partial charge < -0.3 is 4.90 Å². The molecular formula is C25H33N. The van der Waals surface area contributed by atoms with E-state index in [2.05, 4.69) is 98.5 Å². The molecule has 0 unspecified atom stereocenters. The van der Waals surface area contributed by atoms with Gasteiger partial charge in [-0.05, 0) is 56.2 Å². The van der Waals surface area contributed by atoms with E-state index < -0.39 is 0 Å². The maximum absolute atomic E-state index is 2.34. The molecule has 0 saturated heterocycles. The number of allylic oxidation sites excluding steroid dienone is 5. The van der Waals surface area contributed by atoms with Gasteiger partial charge in [-0.25, -0.2) is 0 Å². The maximum Gasteiger partial charge on any atom is 0.0531 e. The Bertz CT molecular complexity index is 764. The summed E-state index contributed by atoms with van der Waals surface area (Å²) < 4.78 is 0. The van der Waals surface area contributed by atoms with Crippen LogP contribution in [0, 0.1) is 6.92 Å². The minimum Gasteiger partial charge on any atom is -0.313 e. The number of hydrogen-bond acceptors (Lipinski definition) is 1. The van der Waals surface area contributed by atoms with Crippen molar-refractivity contribution in [1.29, 1.82) is 0 Å². The van der Waals surface area contributed by atoms with Gasteiger partial charge >= 0.3 is 0 Å². The van der Waals surface area contributed by atoms with Gasteiger partial charge in [0.1, 0.15) is 0 Å². The van der Waals surface area contributed by atoms with E-state index >= 15 is 0 Å². The van der Waals surface area contributed by atoms with Crippen molar-refractivity contribution in [3.8, 4) is 0 Å². The lowest BCUT2D eigenvalue weighted by molar-refractivity contribution is 1.14. The van der Waals surface area contributed by atoms with Crippen LogP contribution >= 0.6 is 0 Å². The summed E-state index contributed by atoms with van der Waals surface area (Å²) in [6.45, 7) is 14.4. The normalized spacial score (nSPS) is 12.7. The molecule has 1 nitrogen and oxygen atoms in total. The molecule has 0 bridgehead atoms. The van der Waals surface area contributed by atoms with Crippen molar-refractivity contribution in [2.45, 2.75) is 48.5 Å². The lowest BCUT2D eigenvalue weighted by Gasteiger charge is -2.27. The summed E-state index contributed by atoms with van der Waals surface area (Å²) in [7, 11) is 0. The zero-order valence-corrected chi connectivity index (χ0v) is 17.4. The molecular weight excluding hydrogens is 314 g/mol. The Balaban J connectivity index is 0.000000791. The van der Waals surface area contributed by atoms with Crippen LogP contribution in [0.25, 0.3) is 6.08 Å². The van der Waals surface area contributed by atoms with Gasteiger partial charge in [-0.15, -0.1) is 0 Å². The average Bonchev–Trinajstić information content (AvgIpc) is 2.83. The monoisotopic (exact) mass is 347 g/mol. The second kappa shape index (κ2) is 11.1. The Labute approximate surface area is 160 Å². The molecule has 26 heavy (non-hydrogen) atoms. The second-order valence-electron chi connectivity index (χ2n) is 5.61. The molecule has 1 heteroatoms. The van der Waals surface area contributed by atoms with Crippen molar-refractivity contribution in [3.05, 3.63) is 89.2 Å². The van der Waals surface area contributed by atoms with Crippen molar-refractivity contribution < 1.29 is 0 Å². The quantitative estimate of drug-likeness (QED) is 0.531. The van der Waals surface area contributed by atoms with E-state index in [9.17, 15) is 0 Å². The number of fused-ring (bicyclic) bond motifs is 1. The standard InChI is InChI=1S/C21H21N.2C2H6/c1-4-8-18-12-13-19-15-16(2)11-14-21(19)22(17(18)3)20-9-6-5-7-10-20;2*1-2/h4-15H,1-3H3;2*1-2H3/b8-4-;;. The summed E-state index contributed by atoms with van der Waals surface area (Å²) >= 11 is 0. The van der Waals surface area contributed by atoms with Gasteiger partial charge in [0.15, 0.2) is 0 Å². The first-order valence-corrected chi connectivity index (χ1v) is 9.68. The van der Waals surface area contributed by atoms with Crippen LogP contribution in [0.4, 0.5) is 11.4 Å². The lowest BCUT2D eigenvalue weighted by Crippen LogP contribution is -2.16. The second-order valence-corrected chi connectivity index (χ2v) is 5.61. The minimum atomic E-state index is 1.19. The molecule has 1 aliphatic rings. The van der Waals surface area contributed by atoms with Crippen LogP contribution in [0.5, 0.6) is 0 Å². The SMILES string of the molecule is C/C=C\C1=C(C)N(c2ccccc2)c2ccc(C)cc2C=C1.CC.CC. The molecule has 0 amide bonds. The Morgan fingerprint density at radius 2 is 1.46 bits per heavy atom. The molecule has 3 rings (SSSR count). The highest BCUT2D eigenvalue weighted by molar-refractivity contribution is 5.81. The van der Waals surface area contributed by atoms with Gasteiger partial charge in [0.05, 0.1) is 5.69 Å². The first-order chi connectivity index (χ1) is 12.7. The molecule has 0 aromatic heterocycles. The van der Waals surface area contributed by atoms with Crippen LogP contribution in [-0.2, 0) is 0 Å². The largest absolute Gasteiger partial charge is 0.313 e. The summed E-state index contributed by atoms with van der Waals surface area (Å²) in [5, 5.41) is 0. The van der Waals surface area contributed by atoms with Gasteiger partial charge in [-0.2, -0.15) is 0 Å². The molecule has 0 spiro atoms. The molecule has 0 N–H and O–H groups in total. The van der Waals surface area contributed by atoms with Gasteiger partial charge in [0.25, 0.3) is 0 Å². The van der Waals surface area contributed by atoms with Crippen molar-refractivity contribution in [2.75, 3.05) is 4.90 Å². The summed E-state index contributed by atoms with van der Waals surface area (Å²) in [6.07, 6.45) is 8.68. The first kappa shape index (κ1) is 21.5. The molecule has 2 aromatic rings. The number of para-hydroxylation sites is 1. The fourth-order valence-electron chi connectivity index (χ4n) is 2.89. The van der Waals surface area contributed by atoms with E-state index in [4.69, 9.17) is 0 Å². The Kier molecular flexibility index (Phi) is 9.22. The number of benzene rings is 2. The zero-order chi connectivity index (χ0) is 19.5. The summed E-state index contributed by atoms with van der Waals surface area (Å²) in [5.41, 5.74) is 7.43. The third-order valence-corrected chi connectivity index (χ3v) is 3.98. The number of hydrogen-bond donors (Lipinski definition) is 0. The number of anilines is 2. The number of nitrogens with zero attached hydrogens (tertiary/aromatic N) is 1. The fourth-order valence-corrected chi connectivity index (χ4v) is 2.89. The maximum atomic E-state index is 2.34. The highest BCUT2D eigenvalue weighted by Crippen LogP contribution is 2.37. The predicted octanol–water partition coefficient (Wildman–Crippen LogP) is 8.06. The van der Waals surface area contributed by atoms with E-state index in [-0.39, 0.29) is 0 Å². The molecule has 138 valence electrons. The third kappa shape index (κ3) is 4.98. The van der Waals surface area contributed by atoms with E-state index in [0.717, 1.165) is 0 Å². The highest BCUT2D eigenvalue weighted by atomic mass is 15.1. The Morgan fingerprint density at radius 3 is 2.08 bits per heavy atom. The van der Waals surface area contributed by atoms with E-state index in [0.29, 0.717) is 0 Å². The molecule has 0 radical (unpaired) electrons. The molecule has 1 heterocycles. The smallest absolute Gasteiger partial charge is 0.0531 e. The van der Waals surface area contributed by atoms with Gasteiger partial charge in [-0.1, -0.05) is 81.8 Å². The van der Waals surface area contributed by atoms with E-state index in [1.165, 1.54) is 33.8 Å². The summed E-state index contributed by atoms with van der Waals surface area (Å²) in [6, 6.07) is 17.2. The topological polar surface area (TPSA) is 3.24 Å². The number of aryl methyl sites for hydroxylation is 1. The molecule has 2 aromatic carbocycles. The van der Waals surface area contributed by atoms with Gasteiger partial charge in [-0.3, -0.25) is 0 Å². The van der Waals surface area contributed by atoms with Crippen LogP contribution < -0.4 is 4.90 Å². The first-order valence-electron chi connectivity index (χ1n) is 9.68. The summed E-state index contributed by atoms with van der Waals surface area (Å²) in [4.78, 5) is 2.34. The van der Waals surface area contributed by atoms with Crippen LogP contribution in [-0.4, -0.2) is 0 Å². The number of rotatable bonds is 2. The van der Waals surface area contributed by atoms with Crippen LogP contribution in [0.2, 0.25) is 0 Å². The molecule has 0 atom stereocenters. The molecule has 0 aliphatic carbocycles. The zero-order valence-electron chi connectivity index (χ0n) is 17.4. The van der Waals surface area contributed by atoms with Crippen molar-refractivity contribution >= 4 is 17.5 Å². The van der Waals surface area contributed by atoms with E-state index in [1.807, 2.05) is 27.7 Å². The Hall–Kier alpha value is -2.54. The molecule has 1 aliphatic heterocycles. The fraction of sp³-hybridized carbons (Fsp3) is 0.280. The van der Waals surface area contributed by atoms with Crippen LogP contribution in [0.3, 0.4) is 0 Å². The average molecular weight is 348 g/mol. The van der Waals surface area contributed by atoms with Crippen LogP contribution in [0.15, 0.2) is 78.0 Å². The Morgan fingerprint density at radius 1 is 0.808 bits per heavy atom. The van der Waals surface area contributed by atoms with E-state index in [1.54, 1.807) is 0 Å². The van der Waals surface area contributed by atoms with Gasteiger partial charge in [0, 0.05) is 11.4 Å². The minimum absolute atomic E-state index is 1.19. The third-order valence-electron chi connectivity index (χ3n) is 3.98. The molecule has 0 fully saturated rings. The van der Waals surface area contributed by atoms with Crippen molar-refractivity contribution in [1.82, 2.24) is 0 Å². The lowest BCUT2D eigenvalue weighted by atomic mass is 10.1. The van der Waals surface area contributed by atoms with Crippen molar-refractivity contribution in [2.24, 2.45) is 0 Å². The van der Waals surface area contributed by atoms with Gasteiger partial charge in [0.2, 0.25) is 0 Å². The van der Waals surface area contributed by atoms with Crippen molar-refractivity contribution in [3.63, 3.8) is 0 Å². The molecule has 0 saturated carbocycles. The summed E-state index contributed by atoms with van der Waals surface area (Å²) in [5.74, 6) is 0.